The van der Waals surface area contributed by atoms with Crippen LogP contribution in [0.25, 0.3) is 0 Å². The lowest BCUT2D eigenvalue weighted by Gasteiger charge is -2.37. The molecule has 0 saturated heterocycles. The van der Waals surface area contributed by atoms with Gasteiger partial charge in [-0.05, 0) is 45.0 Å². The van der Waals surface area contributed by atoms with Gasteiger partial charge in [-0.2, -0.15) is 5.10 Å². The molecule has 0 spiro atoms. The first-order valence-corrected chi connectivity index (χ1v) is 7.96. The molecule has 1 aromatic carbocycles. The summed E-state index contributed by atoms with van der Waals surface area (Å²) in [6, 6.07) is 5.12. The van der Waals surface area contributed by atoms with Gasteiger partial charge in [-0.15, -0.1) is 0 Å². The van der Waals surface area contributed by atoms with Crippen molar-refractivity contribution in [2.24, 2.45) is 16.0 Å². The fourth-order valence-electron chi connectivity index (χ4n) is 3.12. The zero-order chi connectivity index (χ0) is 17.5. The number of hydrazone groups is 1. The zero-order valence-corrected chi connectivity index (χ0v) is 14.8. The zero-order valence-electron chi connectivity index (χ0n) is 14.0. The number of nitrogens with one attached hydrogen (secondary N) is 1. The van der Waals surface area contributed by atoms with E-state index in [4.69, 9.17) is 16.3 Å². The van der Waals surface area contributed by atoms with Crippen LogP contribution in [0.1, 0.15) is 20.8 Å². The number of aliphatic imine (C=N–C) groups is 1. The average molecular weight is 347 g/mol. The van der Waals surface area contributed by atoms with Gasteiger partial charge in [-0.3, -0.25) is 9.79 Å². The molecule has 2 aliphatic rings. The number of fused-ring (bicyclic) bond motifs is 1. The van der Waals surface area contributed by atoms with Gasteiger partial charge in [0.05, 0.1) is 12.1 Å². The van der Waals surface area contributed by atoms with E-state index in [1.54, 1.807) is 36.5 Å². The number of hydrogen-bond donors (Lipinski definition) is 1. The highest BCUT2D eigenvalue weighted by Gasteiger charge is 2.48. The Morgan fingerprint density at radius 3 is 2.83 bits per heavy atom. The van der Waals surface area contributed by atoms with Crippen molar-refractivity contribution in [3.8, 4) is 5.75 Å². The molecule has 24 heavy (non-hydrogen) atoms. The summed E-state index contributed by atoms with van der Waals surface area (Å²) in [5, 5.41) is 9.46. The van der Waals surface area contributed by atoms with Crippen molar-refractivity contribution in [2.45, 2.75) is 26.4 Å². The number of carbonyl (C=O) groups excluding carboxylic acids is 1. The predicted molar refractivity (Wildman–Crippen MR) is 95.7 cm³/mol. The summed E-state index contributed by atoms with van der Waals surface area (Å²) in [6.45, 7) is 5.78. The number of nitrogens with zero attached hydrogens (tertiary/aromatic N) is 3. The number of benzene rings is 1. The first kappa shape index (κ1) is 16.5. The van der Waals surface area contributed by atoms with Crippen LogP contribution in [-0.4, -0.2) is 35.6 Å². The second-order valence-electron chi connectivity index (χ2n) is 6.03. The van der Waals surface area contributed by atoms with Crippen molar-refractivity contribution in [1.82, 2.24) is 5.01 Å². The fraction of sp³-hybridized carbons (Fsp3) is 0.353. The number of ether oxygens (including phenoxy) is 1. The van der Waals surface area contributed by atoms with Crippen LogP contribution in [0.3, 0.4) is 0 Å². The molecule has 0 fully saturated rings. The van der Waals surface area contributed by atoms with Crippen LogP contribution in [-0.2, 0) is 4.79 Å². The molecule has 1 amide bonds. The van der Waals surface area contributed by atoms with Crippen molar-refractivity contribution in [2.75, 3.05) is 12.4 Å². The van der Waals surface area contributed by atoms with E-state index in [1.165, 1.54) is 0 Å². The number of carbonyl (C=O) groups is 1. The normalized spacial score (nSPS) is 25.0. The molecule has 126 valence electrons. The van der Waals surface area contributed by atoms with Gasteiger partial charge in [0.25, 0.3) is 0 Å². The largest absolute Gasteiger partial charge is 0.495 e. The first-order valence-electron chi connectivity index (χ1n) is 7.58. The first-order chi connectivity index (χ1) is 11.3. The van der Waals surface area contributed by atoms with Crippen LogP contribution in [0.5, 0.6) is 5.75 Å². The lowest BCUT2D eigenvalue weighted by molar-refractivity contribution is -0.120. The van der Waals surface area contributed by atoms with Gasteiger partial charge < -0.3 is 10.1 Å². The quantitative estimate of drug-likeness (QED) is 0.913. The Morgan fingerprint density at radius 2 is 2.17 bits per heavy atom. The summed E-state index contributed by atoms with van der Waals surface area (Å²) < 4.78 is 5.12. The molecule has 1 N–H and O–H groups in total. The Morgan fingerprint density at radius 1 is 1.42 bits per heavy atom. The predicted octanol–water partition coefficient (Wildman–Crippen LogP) is 3.30. The van der Waals surface area contributed by atoms with E-state index in [1.807, 2.05) is 26.8 Å². The molecule has 7 heteroatoms. The molecule has 3 rings (SSSR count). The van der Waals surface area contributed by atoms with Crippen LogP contribution in [0.15, 0.2) is 40.1 Å². The summed E-state index contributed by atoms with van der Waals surface area (Å²) in [6.07, 6.45) is 3.59. The molecule has 0 radical (unpaired) electrons. The lowest BCUT2D eigenvalue weighted by atomic mass is 9.93. The third-order valence-corrected chi connectivity index (χ3v) is 4.50. The standard InChI is InChI=1S/C17H19ClN4O2/c1-10-7-11(2)22-17(3,21-10)13(9-19-22)16(23)20-12-5-6-15(24-4)14(18)8-12/h5-9,13H,1-4H3,(H,20,23). The van der Waals surface area contributed by atoms with Crippen LogP contribution in [0, 0.1) is 5.92 Å². The van der Waals surface area contributed by atoms with E-state index >= 15 is 0 Å². The second kappa shape index (κ2) is 5.94. The van der Waals surface area contributed by atoms with Crippen molar-refractivity contribution in [3.05, 3.63) is 35.0 Å². The molecule has 0 saturated carbocycles. The van der Waals surface area contributed by atoms with Crippen molar-refractivity contribution < 1.29 is 9.53 Å². The monoisotopic (exact) mass is 346 g/mol. The molecule has 1 aromatic rings. The van der Waals surface area contributed by atoms with E-state index in [0.29, 0.717) is 16.5 Å². The molecule has 2 heterocycles. The minimum absolute atomic E-state index is 0.184. The summed E-state index contributed by atoms with van der Waals surface area (Å²) in [7, 11) is 1.54. The highest BCUT2D eigenvalue weighted by Crippen LogP contribution is 2.37. The maximum absolute atomic E-state index is 12.8. The molecule has 0 aromatic heterocycles. The number of anilines is 1. The van der Waals surface area contributed by atoms with E-state index in [-0.39, 0.29) is 5.91 Å². The van der Waals surface area contributed by atoms with Gasteiger partial charge in [0.1, 0.15) is 11.7 Å². The van der Waals surface area contributed by atoms with Crippen LogP contribution in [0.4, 0.5) is 5.69 Å². The summed E-state index contributed by atoms with van der Waals surface area (Å²) in [5.41, 5.74) is 1.69. The average Bonchev–Trinajstić information content (AvgIpc) is 2.84. The van der Waals surface area contributed by atoms with E-state index in [0.717, 1.165) is 11.4 Å². The highest BCUT2D eigenvalue weighted by molar-refractivity contribution is 6.32. The number of halogens is 1. The number of amides is 1. The molecule has 6 nitrogen and oxygen atoms in total. The molecule has 0 bridgehead atoms. The molecule has 0 aliphatic carbocycles. The lowest BCUT2D eigenvalue weighted by Crippen LogP contribution is -2.49. The SMILES string of the molecule is COc1ccc(NC(=O)C2C=NN3C(C)=CC(C)=NC23C)cc1Cl. The number of rotatable bonds is 3. The Hall–Kier alpha value is -2.34. The maximum Gasteiger partial charge on any atom is 0.237 e. The van der Waals surface area contributed by atoms with Crippen molar-refractivity contribution in [1.29, 1.82) is 0 Å². The smallest absolute Gasteiger partial charge is 0.237 e. The van der Waals surface area contributed by atoms with Crippen LogP contribution in [0.2, 0.25) is 5.02 Å². The van der Waals surface area contributed by atoms with Crippen LogP contribution < -0.4 is 10.1 Å². The Balaban J connectivity index is 1.83. The Bertz CT molecular complexity index is 787. The van der Waals surface area contributed by atoms with Crippen molar-refractivity contribution >= 4 is 35.1 Å². The second-order valence-corrected chi connectivity index (χ2v) is 6.43. The molecule has 2 aliphatic heterocycles. The number of allylic oxidation sites excluding steroid dienone is 2. The van der Waals surface area contributed by atoms with Gasteiger partial charge in [0.2, 0.25) is 5.91 Å². The molecule has 2 atom stereocenters. The minimum atomic E-state index is -0.747. The fourth-order valence-corrected chi connectivity index (χ4v) is 3.38. The summed E-state index contributed by atoms with van der Waals surface area (Å²) in [5.74, 6) is -0.128. The van der Waals surface area contributed by atoms with E-state index in [2.05, 4.69) is 15.4 Å². The van der Waals surface area contributed by atoms with Gasteiger partial charge >= 0.3 is 0 Å². The van der Waals surface area contributed by atoms with Crippen LogP contribution >= 0.6 is 11.6 Å². The third kappa shape index (κ3) is 2.67. The molecule has 2 unspecified atom stereocenters. The van der Waals surface area contributed by atoms with Gasteiger partial charge in [-0.25, -0.2) is 5.01 Å². The highest BCUT2D eigenvalue weighted by atomic mass is 35.5. The number of hydrogen-bond acceptors (Lipinski definition) is 5. The molecular formula is C17H19ClN4O2. The molecular weight excluding hydrogens is 328 g/mol. The Kier molecular flexibility index (Phi) is 4.09. The van der Waals surface area contributed by atoms with E-state index < -0.39 is 11.6 Å². The Labute approximate surface area is 145 Å². The number of methoxy groups -OCH3 is 1. The van der Waals surface area contributed by atoms with E-state index in [9.17, 15) is 4.79 Å². The maximum atomic E-state index is 12.8. The van der Waals surface area contributed by atoms with Gasteiger partial charge in [0.15, 0.2) is 5.66 Å². The topological polar surface area (TPSA) is 66.3 Å². The summed E-state index contributed by atoms with van der Waals surface area (Å²) in [4.78, 5) is 17.4. The van der Waals surface area contributed by atoms with Gasteiger partial charge in [0, 0.05) is 23.3 Å². The summed E-state index contributed by atoms with van der Waals surface area (Å²) >= 11 is 6.11. The van der Waals surface area contributed by atoms with Gasteiger partial charge in [-0.1, -0.05) is 11.6 Å². The minimum Gasteiger partial charge on any atom is -0.495 e. The third-order valence-electron chi connectivity index (χ3n) is 4.21. The van der Waals surface area contributed by atoms with Crippen molar-refractivity contribution in [3.63, 3.8) is 0 Å².